The monoisotopic (exact) mass is 373 g/mol. The van der Waals surface area contributed by atoms with Gasteiger partial charge in [-0.05, 0) is 54.2 Å². The highest BCUT2D eigenvalue weighted by Gasteiger charge is 2.33. The molecule has 1 aliphatic carbocycles. The molecular weight excluding hydrogens is 356 g/mol. The van der Waals surface area contributed by atoms with Crippen molar-refractivity contribution in [3.05, 3.63) is 88.2 Å². The van der Waals surface area contributed by atoms with Crippen molar-refractivity contribution >= 4 is 11.6 Å². The van der Waals surface area contributed by atoms with Gasteiger partial charge in [-0.15, -0.1) is 0 Å². The van der Waals surface area contributed by atoms with Gasteiger partial charge in [0.2, 0.25) is 0 Å². The van der Waals surface area contributed by atoms with E-state index in [0.717, 1.165) is 35.6 Å². The van der Waals surface area contributed by atoms with E-state index in [0.29, 0.717) is 5.02 Å². The molecule has 3 aromatic rings. The van der Waals surface area contributed by atoms with Gasteiger partial charge in [-0.25, -0.2) is 8.78 Å². The summed E-state index contributed by atoms with van der Waals surface area (Å²) in [5.74, 6) is -0.865. The number of hydrogen-bond acceptors (Lipinski definition) is 2. The predicted molar refractivity (Wildman–Crippen MR) is 97.1 cm³/mol. The van der Waals surface area contributed by atoms with E-state index >= 15 is 0 Å². The molecule has 2 aromatic carbocycles. The molecule has 2 N–H and O–H groups in total. The molecule has 0 saturated heterocycles. The van der Waals surface area contributed by atoms with Crippen molar-refractivity contribution in [3.8, 4) is 0 Å². The molecule has 1 unspecified atom stereocenters. The second kappa shape index (κ2) is 7.17. The van der Waals surface area contributed by atoms with Crippen LogP contribution in [0.4, 0.5) is 8.78 Å². The summed E-state index contributed by atoms with van der Waals surface area (Å²) in [4.78, 5) is 0. The number of hydrogen-bond donors (Lipinski definition) is 2. The van der Waals surface area contributed by atoms with E-state index in [2.05, 4.69) is 15.5 Å². The molecule has 4 rings (SSSR count). The van der Waals surface area contributed by atoms with Gasteiger partial charge in [0.25, 0.3) is 0 Å². The molecule has 1 fully saturated rings. The predicted octanol–water partition coefficient (Wildman–Crippen LogP) is 4.97. The number of nitrogens with one attached hydrogen (secondary N) is 2. The third-order valence-corrected chi connectivity index (χ3v) is 5.20. The van der Waals surface area contributed by atoms with Gasteiger partial charge >= 0.3 is 0 Å². The van der Waals surface area contributed by atoms with Crippen LogP contribution in [0.3, 0.4) is 0 Å². The minimum atomic E-state index is -0.520. The van der Waals surface area contributed by atoms with Crippen LogP contribution in [-0.4, -0.2) is 16.2 Å². The summed E-state index contributed by atoms with van der Waals surface area (Å²) in [5.41, 5.74) is 2.86. The van der Waals surface area contributed by atoms with Crippen LogP contribution < -0.4 is 5.32 Å². The number of nitrogens with zero attached hydrogens (tertiary/aromatic N) is 1. The van der Waals surface area contributed by atoms with Crippen molar-refractivity contribution in [2.75, 3.05) is 0 Å². The Kier molecular flexibility index (Phi) is 4.74. The fourth-order valence-corrected chi connectivity index (χ4v) is 3.66. The van der Waals surface area contributed by atoms with E-state index in [1.54, 1.807) is 6.20 Å². The Morgan fingerprint density at radius 3 is 2.35 bits per heavy atom. The lowest BCUT2D eigenvalue weighted by molar-refractivity contribution is 0.275. The van der Waals surface area contributed by atoms with E-state index in [-0.39, 0.29) is 18.0 Å². The zero-order chi connectivity index (χ0) is 18.1. The van der Waals surface area contributed by atoms with Crippen LogP contribution in [0.25, 0.3) is 0 Å². The summed E-state index contributed by atoms with van der Waals surface area (Å²) in [5, 5.41) is 11.2. The molecule has 0 bridgehead atoms. The molecule has 0 radical (unpaired) electrons. The Labute approximate surface area is 155 Å². The molecule has 3 nitrogen and oxygen atoms in total. The van der Waals surface area contributed by atoms with Crippen LogP contribution in [0.15, 0.2) is 54.9 Å². The molecule has 1 aromatic heterocycles. The molecule has 134 valence electrons. The van der Waals surface area contributed by atoms with Crippen molar-refractivity contribution in [1.82, 2.24) is 15.5 Å². The highest BCUT2D eigenvalue weighted by Crippen LogP contribution is 2.39. The number of rotatable bonds is 5. The summed E-state index contributed by atoms with van der Waals surface area (Å²) in [6.07, 6.45) is 5.34. The van der Waals surface area contributed by atoms with E-state index in [9.17, 15) is 8.78 Å². The first-order valence-corrected chi connectivity index (χ1v) is 8.92. The smallest absolute Gasteiger partial charge is 0.126 e. The number of aromatic nitrogens is 2. The van der Waals surface area contributed by atoms with Crippen molar-refractivity contribution in [2.45, 2.75) is 30.8 Å². The molecule has 0 amide bonds. The zero-order valence-corrected chi connectivity index (χ0v) is 14.7. The lowest BCUT2D eigenvalue weighted by atomic mass is 9.75. The summed E-state index contributed by atoms with van der Waals surface area (Å²) in [6, 6.07) is 11.7. The molecule has 6 heteroatoms. The Bertz CT molecular complexity index is 854. The van der Waals surface area contributed by atoms with Gasteiger partial charge in [0.15, 0.2) is 0 Å². The van der Waals surface area contributed by atoms with Crippen LogP contribution in [0.1, 0.15) is 41.5 Å². The standard InChI is InChI=1S/C20H18ClF2N3/c21-16-3-1-12(2-4-16)20(15-10-24-25-11-15)26-19-7-14(8-19)13-5-17(22)9-18(23)6-13/h1-6,9-11,14,19-20,26H,7-8H2,(H,24,25). The first kappa shape index (κ1) is 17.2. The van der Waals surface area contributed by atoms with Crippen LogP contribution in [0, 0.1) is 11.6 Å². The largest absolute Gasteiger partial charge is 0.303 e. The maximum absolute atomic E-state index is 13.4. The van der Waals surface area contributed by atoms with Gasteiger partial charge in [-0.1, -0.05) is 23.7 Å². The van der Waals surface area contributed by atoms with Gasteiger partial charge in [0, 0.05) is 28.9 Å². The lowest BCUT2D eigenvalue weighted by Gasteiger charge is -2.39. The van der Waals surface area contributed by atoms with Crippen LogP contribution in [0.5, 0.6) is 0 Å². The van der Waals surface area contributed by atoms with Crippen LogP contribution in [-0.2, 0) is 0 Å². The summed E-state index contributed by atoms with van der Waals surface area (Å²) < 4.78 is 26.8. The van der Waals surface area contributed by atoms with Gasteiger partial charge in [0.05, 0.1) is 12.2 Å². The topological polar surface area (TPSA) is 40.7 Å². The number of halogens is 3. The minimum Gasteiger partial charge on any atom is -0.303 e. The summed E-state index contributed by atoms with van der Waals surface area (Å²) in [7, 11) is 0. The van der Waals surface area contributed by atoms with Crippen molar-refractivity contribution in [2.24, 2.45) is 0 Å². The molecule has 0 spiro atoms. The fourth-order valence-electron chi connectivity index (χ4n) is 3.53. The molecule has 1 atom stereocenters. The maximum Gasteiger partial charge on any atom is 0.126 e. The van der Waals surface area contributed by atoms with E-state index in [4.69, 9.17) is 11.6 Å². The third-order valence-electron chi connectivity index (χ3n) is 4.95. The molecule has 0 aliphatic heterocycles. The Balaban J connectivity index is 1.47. The lowest BCUT2D eigenvalue weighted by Crippen LogP contribution is -2.42. The molecule has 1 aliphatic rings. The number of benzene rings is 2. The fraction of sp³-hybridized carbons (Fsp3) is 0.250. The second-order valence-corrected chi connectivity index (χ2v) is 7.19. The van der Waals surface area contributed by atoms with Crippen molar-refractivity contribution < 1.29 is 8.78 Å². The second-order valence-electron chi connectivity index (χ2n) is 6.75. The van der Waals surface area contributed by atoms with Gasteiger partial charge in [-0.3, -0.25) is 5.10 Å². The van der Waals surface area contributed by atoms with Gasteiger partial charge in [0.1, 0.15) is 11.6 Å². The third kappa shape index (κ3) is 3.64. The quantitative estimate of drug-likeness (QED) is 0.663. The molecule has 26 heavy (non-hydrogen) atoms. The first-order valence-electron chi connectivity index (χ1n) is 8.54. The zero-order valence-electron chi connectivity index (χ0n) is 13.9. The van der Waals surface area contributed by atoms with E-state index < -0.39 is 11.6 Å². The normalized spacial score (nSPS) is 20.6. The average Bonchev–Trinajstić information content (AvgIpc) is 3.08. The van der Waals surface area contributed by atoms with Crippen molar-refractivity contribution in [3.63, 3.8) is 0 Å². The van der Waals surface area contributed by atoms with E-state index in [1.807, 2.05) is 30.5 Å². The van der Waals surface area contributed by atoms with Crippen molar-refractivity contribution in [1.29, 1.82) is 0 Å². The summed E-state index contributed by atoms with van der Waals surface area (Å²) >= 11 is 6.00. The Morgan fingerprint density at radius 1 is 1.04 bits per heavy atom. The number of H-pyrrole nitrogens is 1. The SMILES string of the molecule is Fc1cc(F)cc(C2CC(NC(c3ccc(Cl)cc3)c3cn[nH]c3)C2)c1. The first-order chi connectivity index (χ1) is 12.6. The molecule has 1 saturated carbocycles. The molecule has 1 heterocycles. The minimum absolute atomic E-state index is 0.0128. The highest BCUT2D eigenvalue weighted by atomic mass is 35.5. The molecular formula is C20H18ClF2N3. The maximum atomic E-state index is 13.4. The highest BCUT2D eigenvalue weighted by molar-refractivity contribution is 6.30. The Hall–Kier alpha value is -2.24. The van der Waals surface area contributed by atoms with Gasteiger partial charge in [-0.2, -0.15) is 5.10 Å². The van der Waals surface area contributed by atoms with Gasteiger partial charge < -0.3 is 5.32 Å². The van der Waals surface area contributed by atoms with Crippen LogP contribution in [0.2, 0.25) is 5.02 Å². The van der Waals surface area contributed by atoms with E-state index in [1.165, 1.54) is 12.1 Å². The Morgan fingerprint density at radius 2 is 1.73 bits per heavy atom. The number of aromatic amines is 1. The average molecular weight is 374 g/mol. The summed E-state index contributed by atoms with van der Waals surface area (Å²) in [6.45, 7) is 0. The van der Waals surface area contributed by atoms with Crippen LogP contribution >= 0.6 is 11.6 Å².